The van der Waals surface area contributed by atoms with E-state index in [0.29, 0.717) is 13.1 Å². The second-order valence-corrected chi connectivity index (χ2v) is 5.12. The van der Waals surface area contributed by atoms with Gasteiger partial charge in [0.1, 0.15) is 0 Å². The molecule has 0 aliphatic carbocycles. The number of hydrogen-bond acceptors (Lipinski definition) is 3. The van der Waals surface area contributed by atoms with Crippen molar-refractivity contribution in [2.75, 3.05) is 32.7 Å². The molecule has 1 aliphatic rings. The fourth-order valence-electron chi connectivity index (χ4n) is 2.34. The van der Waals surface area contributed by atoms with E-state index in [1.165, 1.54) is 5.56 Å². The Kier molecular flexibility index (Phi) is 5.57. The zero-order chi connectivity index (χ0) is 15.1. The van der Waals surface area contributed by atoms with E-state index < -0.39 is 5.97 Å². The van der Waals surface area contributed by atoms with E-state index in [4.69, 9.17) is 5.11 Å². The largest absolute Gasteiger partial charge is 0.481 e. The quantitative estimate of drug-likeness (QED) is 0.848. The predicted molar refractivity (Wildman–Crippen MR) is 78.9 cm³/mol. The summed E-state index contributed by atoms with van der Waals surface area (Å²) in [7, 11) is 0. The highest BCUT2D eigenvalue weighted by molar-refractivity contribution is 5.75. The molecule has 1 aliphatic heterocycles. The maximum absolute atomic E-state index is 11.8. The van der Waals surface area contributed by atoms with Gasteiger partial charge in [-0.3, -0.25) is 9.69 Å². The summed E-state index contributed by atoms with van der Waals surface area (Å²) in [5.41, 5.74) is 1.27. The molecule has 6 nitrogen and oxygen atoms in total. The molecule has 1 aromatic rings. The Labute approximate surface area is 124 Å². The lowest BCUT2D eigenvalue weighted by Gasteiger charge is -2.34. The molecule has 0 saturated carbocycles. The number of aliphatic carboxylic acids is 1. The van der Waals surface area contributed by atoms with Gasteiger partial charge in [0.05, 0.1) is 6.42 Å². The van der Waals surface area contributed by atoms with Gasteiger partial charge in [-0.25, -0.2) is 4.79 Å². The van der Waals surface area contributed by atoms with E-state index >= 15 is 0 Å². The van der Waals surface area contributed by atoms with Gasteiger partial charge in [-0.15, -0.1) is 0 Å². The van der Waals surface area contributed by atoms with Crippen molar-refractivity contribution in [3.63, 3.8) is 0 Å². The zero-order valence-electron chi connectivity index (χ0n) is 12.0. The molecule has 1 fully saturated rings. The third kappa shape index (κ3) is 5.07. The molecule has 1 aromatic carbocycles. The second kappa shape index (κ2) is 7.64. The minimum absolute atomic E-state index is 0.0420. The van der Waals surface area contributed by atoms with E-state index in [9.17, 15) is 9.59 Å². The third-order valence-electron chi connectivity index (χ3n) is 3.52. The highest BCUT2D eigenvalue weighted by Gasteiger charge is 2.20. The first-order chi connectivity index (χ1) is 10.1. The fourth-order valence-corrected chi connectivity index (χ4v) is 2.34. The first-order valence-corrected chi connectivity index (χ1v) is 7.16. The van der Waals surface area contributed by atoms with Crippen molar-refractivity contribution in [1.29, 1.82) is 0 Å². The number of urea groups is 1. The summed E-state index contributed by atoms with van der Waals surface area (Å²) >= 11 is 0. The molecule has 0 atom stereocenters. The van der Waals surface area contributed by atoms with Crippen molar-refractivity contribution < 1.29 is 14.7 Å². The van der Waals surface area contributed by atoms with E-state index in [2.05, 4.69) is 22.3 Å². The molecule has 2 rings (SSSR count). The molecular weight excluding hydrogens is 270 g/mol. The Morgan fingerprint density at radius 3 is 2.38 bits per heavy atom. The Morgan fingerprint density at radius 1 is 1.10 bits per heavy atom. The number of nitrogens with zero attached hydrogens (tertiary/aromatic N) is 2. The average molecular weight is 291 g/mol. The zero-order valence-corrected chi connectivity index (χ0v) is 12.0. The number of carbonyl (C=O) groups is 2. The van der Waals surface area contributed by atoms with Gasteiger partial charge in [0.15, 0.2) is 0 Å². The van der Waals surface area contributed by atoms with Gasteiger partial charge in [0.2, 0.25) is 0 Å². The molecular formula is C15H21N3O3. The standard InChI is InChI=1S/C15H21N3O3/c19-14(20)6-7-16-15(21)18-10-8-17(9-11-18)12-13-4-2-1-3-5-13/h1-5H,6-12H2,(H,16,21)(H,19,20). The van der Waals surface area contributed by atoms with Crippen molar-refractivity contribution >= 4 is 12.0 Å². The number of piperazine rings is 1. The molecule has 0 aromatic heterocycles. The van der Waals surface area contributed by atoms with Crippen molar-refractivity contribution in [3.05, 3.63) is 35.9 Å². The van der Waals surface area contributed by atoms with Crippen molar-refractivity contribution in [3.8, 4) is 0 Å². The number of carboxylic acids is 1. The van der Waals surface area contributed by atoms with Gasteiger partial charge < -0.3 is 15.3 Å². The van der Waals surface area contributed by atoms with E-state index in [1.807, 2.05) is 18.2 Å². The van der Waals surface area contributed by atoms with E-state index in [-0.39, 0.29) is 19.0 Å². The van der Waals surface area contributed by atoms with Gasteiger partial charge in [-0.05, 0) is 5.56 Å². The van der Waals surface area contributed by atoms with Gasteiger partial charge >= 0.3 is 12.0 Å². The molecule has 2 N–H and O–H groups in total. The Morgan fingerprint density at radius 2 is 1.76 bits per heavy atom. The Bertz CT molecular complexity index is 470. The van der Waals surface area contributed by atoms with E-state index in [1.54, 1.807) is 4.90 Å². The molecule has 1 heterocycles. The van der Waals surface area contributed by atoms with Crippen LogP contribution < -0.4 is 5.32 Å². The number of amides is 2. The number of carbonyl (C=O) groups excluding carboxylic acids is 1. The second-order valence-electron chi connectivity index (χ2n) is 5.12. The summed E-state index contributed by atoms with van der Waals surface area (Å²) in [6.45, 7) is 4.09. The molecule has 114 valence electrons. The fraction of sp³-hybridized carbons (Fsp3) is 0.467. The van der Waals surface area contributed by atoms with Crippen LogP contribution in [0.25, 0.3) is 0 Å². The van der Waals surface area contributed by atoms with Crippen LogP contribution in [0.15, 0.2) is 30.3 Å². The first kappa shape index (κ1) is 15.3. The summed E-state index contributed by atoms with van der Waals surface area (Å²) < 4.78 is 0. The summed E-state index contributed by atoms with van der Waals surface area (Å²) in [5.74, 6) is -0.900. The highest BCUT2D eigenvalue weighted by atomic mass is 16.4. The highest BCUT2D eigenvalue weighted by Crippen LogP contribution is 2.08. The Hall–Kier alpha value is -2.08. The normalized spacial score (nSPS) is 15.7. The SMILES string of the molecule is O=C(O)CCNC(=O)N1CCN(Cc2ccccc2)CC1. The minimum Gasteiger partial charge on any atom is -0.481 e. The van der Waals surface area contributed by atoms with Crippen LogP contribution in [0, 0.1) is 0 Å². The van der Waals surface area contributed by atoms with Crippen molar-refractivity contribution in [2.24, 2.45) is 0 Å². The van der Waals surface area contributed by atoms with Crippen molar-refractivity contribution in [1.82, 2.24) is 15.1 Å². The molecule has 0 bridgehead atoms. The van der Waals surface area contributed by atoms with Gasteiger partial charge in [0.25, 0.3) is 0 Å². The summed E-state index contributed by atoms with van der Waals surface area (Å²) in [6.07, 6.45) is -0.0420. The molecule has 0 radical (unpaired) electrons. The molecule has 2 amide bonds. The summed E-state index contributed by atoms with van der Waals surface area (Å²) in [6, 6.07) is 10.1. The monoisotopic (exact) mass is 291 g/mol. The van der Waals surface area contributed by atoms with Gasteiger partial charge in [-0.2, -0.15) is 0 Å². The number of benzene rings is 1. The number of rotatable bonds is 5. The molecule has 0 spiro atoms. The number of hydrogen-bond donors (Lipinski definition) is 2. The van der Waals surface area contributed by atoms with Crippen LogP contribution in [-0.2, 0) is 11.3 Å². The third-order valence-corrected chi connectivity index (χ3v) is 3.52. The first-order valence-electron chi connectivity index (χ1n) is 7.16. The van der Waals surface area contributed by atoms with Crippen LogP contribution in [0.1, 0.15) is 12.0 Å². The molecule has 1 saturated heterocycles. The maximum atomic E-state index is 11.8. The van der Waals surface area contributed by atoms with Crippen LogP contribution in [0.4, 0.5) is 4.79 Å². The van der Waals surface area contributed by atoms with Crippen LogP contribution in [0.5, 0.6) is 0 Å². The Balaban J connectivity index is 1.70. The van der Waals surface area contributed by atoms with Crippen molar-refractivity contribution in [2.45, 2.75) is 13.0 Å². The topological polar surface area (TPSA) is 72.9 Å². The lowest BCUT2D eigenvalue weighted by molar-refractivity contribution is -0.136. The van der Waals surface area contributed by atoms with Gasteiger partial charge in [0, 0.05) is 39.3 Å². The molecule has 0 unspecified atom stereocenters. The van der Waals surface area contributed by atoms with Crippen LogP contribution >= 0.6 is 0 Å². The van der Waals surface area contributed by atoms with Crippen LogP contribution in [-0.4, -0.2) is 59.6 Å². The van der Waals surface area contributed by atoms with E-state index in [0.717, 1.165) is 19.6 Å². The summed E-state index contributed by atoms with van der Waals surface area (Å²) in [5, 5.41) is 11.2. The van der Waals surface area contributed by atoms with Crippen LogP contribution in [0.3, 0.4) is 0 Å². The maximum Gasteiger partial charge on any atom is 0.317 e. The lowest BCUT2D eigenvalue weighted by Crippen LogP contribution is -2.51. The smallest absolute Gasteiger partial charge is 0.317 e. The van der Waals surface area contributed by atoms with Gasteiger partial charge in [-0.1, -0.05) is 30.3 Å². The predicted octanol–water partition coefficient (Wildman–Crippen LogP) is 0.988. The lowest BCUT2D eigenvalue weighted by atomic mass is 10.2. The summed E-state index contributed by atoms with van der Waals surface area (Å²) in [4.78, 5) is 26.3. The molecule has 6 heteroatoms. The van der Waals surface area contributed by atoms with Crippen LogP contribution in [0.2, 0.25) is 0 Å². The minimum atomic E-state index is -0.900. The average Bonchev–Trinajstić information content (AvgIpc) is 2.48. The molecule has 21 heavy (non-hydrogen) atoms. The number of nitrogens with one attached hydrogen (secondary N) is 1. The number of carboxylic acid groups (broad SMARTS) is 1.